The molecule has 1 aliphatic heterocycles. The van der Waals surface area contributed by atoms with Crippen molar-refractivity contribution in [3.63, 3.8) is 0 Å². The molecule has 142 valence electrons. The van der Waals surface area contributed by atoms with E-state index in [1.807, 2.05) is 12.1 Å². The fourth-order valence-electron chi connectivity index (χ4n) is 3.44. The lowest BCUT2D eigenvalue weighted by Crippen LogP contribution is -2.25. The van der Waals surface area contributed by atoms with Gasteiger partial charge < -0.3 is 16.4 Å². The molecule has 0 saturated carbocycles. The van der Waals surface area contributed by atoms with Crippen LogP contribution in [0.4, 0.5) is 5.69 Å². The Kier molecular flexibility index (Phi) is 7.36. The van der Waals surface area contributed by atoms with Gasteiger partial charge in [-0.05, 0) is 61.1 Å². The number of carbonyl (C=O) groups is 1. The first-order valence-corrected chi connectivity index (χ1v) is 9.14. The number of carbonyl (C=O) groups excluding carboxylic acids is 1. The fourth-order valence-corrected chi connectivity index (χ4v) is 3.44. The Bertz CT molecular complexity index is 670. The molecule has 1 aliphatic rings. The number of nitrogens with zero attached hydrogens (tertiary/aromatic N) is 3. The largest absolute Gasteiger partial charge is 0.384 e. The second-order valence-corrected chi connectivity index (χ2v) is 7.07. The van der Waals surface area contributed by atoms with Gasteiger partial charge in [0.15, 0.2) is 0 Å². The third-order valence-electron chi connectivity index (χ3n) is 5.25. The number of rotatable bonds is 8. The number of aryl methyl sites for hydroxylation is 1. The van der Waals surface area contributed by atoms with Crippen LogP contribution in [0.1, 0.15) is 18.1 Å². The molecule has 6 nitrogen and oxygen atoms in total. The van der Waals surface area contributed by atoms with Crippen LogP contribution >= 0.6 is 0 Å². The summed E-state index contributed by atoms with van der Waals surface area (Å²) in [4.78, 5) is 19.2. The van der Waals surface area contributed by atoms with Crippen molar-refractivity contribution in [1.29, 1.82) is 0 Å². The Labute approximate surface area is 156 Å². The number of amidine groups is 1. The van der Waals surface area contributed by atoms with Crippen molar-refractivity contribution in [2.45, 2.75) is 20.3 Å². The molecule has 4 N–H and O–H groups in total. The van der Waals surface area contributed by atoms with Crippen LogP contribution in [0.5, 0.6) is 0 Å². The van der Waals surface area contributed by atoms with E-state index in [2.05, 4.69) is 29.8 Å². The van der Waals surface area contributed by atoms with Crippen LogP contribution in [0.2, 0.25) is 0 Å². The normalized spacial score (nSPS) is 21.5. The number of benzene rings is 1. The minimum atomic E-state index is 0.376. The first-order chi connectivity index (χ1) is 12.5. The zero-order chi connectivity index (χ0) is 19.1. The van der Waals surface area contributed by atoms with Gasteiger partial charge in [0.25, 0.3) is 0 Å². The summed E-state index contributed by atoms with van der Waals surface area (Å²) in [6.07, 6.45) is 5.01. The van der Waals surface area contributed by atoms with Crippen LogP contribution in [0, 0.1) is 18.8 Å². The molecule has 1 heterocycles. The summed E-state index contributed by atoms with van der Waals surface area (Å²) in [6.45, 7) is 8.41. The van der Waals surface area contributed by atoms with E-state index in [0.29, 0.717) is 17.7 Å². The molecule has 26 heavy (non-hydrogen) atoms. The van der Waals surface area contributed by atoms with E-state index < -0.39 is 0 Å². The van der Waals surface area contributed by atoms with E-state index in [-0.39, 0.29) is 0 Å². The smallest absolute Gasteiger partial charge is 0.218 e. The summed E-state index contributed by atoms with van der Waals surface area (Å²) in [5.74, 6) is 1.67. The van der Waals surface area contributed by atoms with Crippen molar-refractivity contribution in [1.82, 2.24) is 4.90 Å². The fraction of sp³-hybridized carbons (Fsp3) is 0.500. The molecule has 1 amide bonds. The second-order valence-electron chi connectivity index (χ2n) is 7.07. The molecule has 6 heteroatoms. The third kappa shape index (κ3) is 5.16. The second kappa shape index (κ2) is 9.50. The minimum Gasteiger partial charge on any atom is -0.384 e. The molecule has 0 bridgehead atoms. The SMILES string of the molecule is CN=C(N)/C=C\N(C=O)c1ccc(CCN2CC(C)[C@H](CN)C2)c(C)c1. The first kappa shape index (κ1) is 20.1. The van der Waals surface area contributed by atoms with E-state index in [0.717, 1.165) is 44.7 Å². The number of nitrogens with two attached hydrogens (primary N) is 2. The number of amides is 1. The van der Waals surface area contributed by atoms with Crippen LogP contribution in [0.3, 0.4) is 0 Å². The Morgan fingerprint density at radius 2 is 2.19 bits per heavy atom. The summed E-state index contributed by atoms with van der Waals surface area (Å²) in [7, 11) is 1.61. The molecule has 0 spiro atoms. The zero-order valence-corrected chi connectivity index (χ0v) is 16.1. The molecule has 1 aromatic carbocycles. The molecule has 0 radical (unpaired) electrons. The molecule has 1 saturated heterocycles. The maximum Gasteiger partial charge on any atom is 0.218 e. The molecule has 1 fully saturated rings. The number of aliphatic imine (C=N–C) groups is 1. The van der Waals surface area contributed by atoms with Crippen LogP contribution in [-0.4, -0.2) is 50.4 Å². The highest BCUT2D eigenvalue weighted by Crippen LogP contribution is 2.23. The van der Waals surface area contributed by atoms with E-state index in [1.54, 1.807) is 19.3 Å². The number of anilines is 1. The molecule has 1 aromatic rings. The van der Waals surface area contributed by atoms with Gasteiger partial charge in [-0.2, -0.15) is 0 Å². The highest BCUT2D eigenvalue weighted by Gasteiger charge is 2.27. The molecule has 2 rings (SSSR count). The van der Waals surface area contributed by atoms with Gasteiger partial charge in [0.1, 0.15) is 5.84 Å². The predicted molar refractivity (Wildman–Crippen MR) is 108 cm³/mol. The third-order valence-corrected chi connectivity index (χ3v) is 5.25. The Balaban J connectivity index is 2.00. The first-order valence-electron chi connectivity index (χ1n) is 9.14. The van der Waals surface area contributed by atoms with Gasteiger partial charge in [0.05, 0.1) is 0 Å². The molecular formula is C20H31N5O. The molecular weight excluding hydrogens is 326 g/mol. The van der Waals surface area contributed by atoms with Crippen LogP contribution in [-0.2, 0) is 11.2 Å². The summed E-state index contributed by atoms with van der Waals surface area (Å²) >= 11 is 0. The van der Waals surface area contributed by atoms with E-state index >= 15 is 0 Å². The zero-order valence-electron chi connectivity index (χ0n) is 16.1. The van der Waals surface area contributed by atoms with Gasteiger partial charge in [0, 0.05) is 38.6 Å². The number of likely N-dealkylation sites (tertiary alicyclic amines) is 1. The van der Waals surface area contributed by atoms with Crippen molar-refractivity contribution in [2.75, 3.05) is 38.1 Å². The van der Waals surface area contributed by atoms with Gasteiger partial charge >= 0.3 is 0 Å². The topological polar surface area (TPSA) is 88.0 Å². The molecule has 2 atom stereocenters. The van der Waals surface area contributed by atoms with Crippen molar-refractivity contribution in [3.8, 4) is 0 Å². The van der Waals surface area contributed by atoms with Gasteiger partial charge in [0.2, 0.25) is 6.41 Å². The summed E-state index contributed by atoms with van der Waals surface area (Å²) in [5, 5.41) is 0. The lowest BCUT2D eigenvalue weighted by atomic mass is 9.99. The Hall–Kier alpha value is -2.18. The summed E-state index contributed by atoms with van der Waals surface area (Å²) in [5.41, 5.74) is 14.8. The van der Waals surface area contributed by atoms with Gasteiger partial charge in [-0.15, -0.1) is 0 Å². The van der Waals surface area contributed by atoms with Crippen molar-refractivity contribution in [3.05, 3.63) is 41.6 Å². The standard InChI is InChI=1S/C20H31N5O/c1-15-10-19(25(14-26)9-7-20(22)23-3)5-4-17(15)6-8-24-12-16(2)18(11-21)13-24/h4-5,7,9-10,14,16,18H,6,8,11-13,21H2,1-3H3,(H2,22,23)/b9-7-/t16?,18-/m1/s1. The van der Waals surface area contributed by atoms with E-state index in [4.69, 9.17) is 11.5 Å². The van der Waals surface area contributed by atoms with Crippen molar-refractivity contribution < 1.29 is 4.79 Å². The minimum absolute atomic E-state index is 0.376. The van der Waals surface area contributed by atoms with Crippen molar-refractivity contribution in [2.24, 2.45) is 28.3 Å². The van der Waals surface area contributed by atoms with E-state index in [9.17, 15) is 4.79 Å². The van der Waals surface area contributed by atoms with Gasteiger partial charge in [-0.3, -0.25) is 14.7 Å². The quantitative estimate of drug-likeness (QED) is 0.419. The van der Waals surface area contributed by atoms with Crippen LogP contribution in [0.15, 0.2) is 35.5 Å². The highest BCUT2D eigenvalue weighted by atomic mass is 16.1. The maximum atomic E-state index is 11.4. The Morgan fingerprint density at radius 3 is 2.77 bits per heavy atom. The number of hydrogen-bond donors (Lipinski definition) is 2. The molecule has 0 aromatic heterocycles. The van der Waals surface area contributed by atoms with Gasteiger partial charge in [-0.1, -0.05) is 13.0 Å². The lowest BCUT2D eigenvalue weighted by Gasteiger charge is -2.18. The lowest BCUT2D eigenvalue weighted by molar-refractivity contribution is -0.106. The average Bonchev–Trinajstić information content (AvgIpc) is 3.01. The monoisotopic (exact) mass is 357 g/mol. The maximum absolute atomic E-state index is 11.4. The molecule has 1 unspecified atom stereocenters. The average molecular weight is 358 g/mol. The summed E-state index contributed by atoms with van der Waals surface area (Å²) in [6, 6.07) is 6.10. The Morgan fingerprint density at radius 1 is 1.42 bits per heavy atom. The van der Waals surface area contributed by atoms with Crippen LogP contribution in [0.25, 0.3) is 0 Å². The van der Waals surface area contributed by atoms with Gasteiger partial charge in [-0.25, -0.2) is 0 Å². The predicted octanol–water partition coefficient (Wildman–Crippen LogP) is 1.53. The summed E-state index contributed by atoms with van der Waals surface area (Å²) < 4.78 is 0. The van der Waals surface area contributed by atoms with Crippen molar-refractivity contribution >= 4 is 17.9 Å². The molecule has 0 aliphatic carbocycles. The number of hydrogen-bond acceptors (Lipinski definition) is 4. The highest BCUT2D eigenvalue weighted by molar-refractivity contribution is 5.92. The van der Waals surface area contributed by atoms with E-state index in [1.165, 1.54) is 16.0 Å². The van der Waals surface area contributed by atoms with Crippen LogP contribution < -0.4 is 16.4 Å².